The molecule has 0 aliphatic carbocycles. The van der Waals surface area contributed by atoms with Crippen molar-refractivity contribution in [1.82, 2.24) is 15.1 Å². The van der Waals surface area contributed by atoms with Gasteiger partial charge in [-0.25, -0.2) is 4.68 Å². The lowest BCUT2D eigenvalue weighted by Gasteiger charge is -2.09. The van der Waals surface area contributed by atoms with Crippen LogP contribution in [0.2, 0.25) is 0 Å². The van der Waals surface area contributed by atoms with Gasteiger partial charge < -0.3 is 16.2 Å². The molecule has 162 valence electrons. The highest BCUT2D eigenvalue weighted by Gasteiger charge is 2.13. The van der Waals surface area contributed by atoms with Crippen molar-refractivity contribution >= 4 is 22.8 Å². The number of para-hydroxylation sites is 1. The smallest absolute Gasteiger partial charge is 0.320 e. The quantitative estimate of drug-likeness (QED) is 0.400. The van der Waals surface area contributed by atoms with Gasteiger partial charge in [-0.3, -0.25) is 9.59 Å². The van der Waals surface area contributed by atoms with Crippen LogP contribution >= 0.6 is 0 Å². The average Bonchev–Trinajstić information content (AvgIpc) is 3.23. The van der Waals surface area contributed by atoms with Crippen molar-refractivity contribution in [3.63, 3.8) is 0 Å². The number of carboxylic acid groups (broad SMARTS) is 1. The van der Waals surface area contributed by atoms with Crippen molar-refractivity contribution in [2.24, 2.45) is 5.73 Å². The number of nitrogens with zero attached hydrogens (tertiary/aromatic N) is 2. The van der Waals surface area contributed by atoms with Crippen molar-refractivity contribution in [3.05, 3.63) is 95.7 Å². The summed E-state index contributed by atoms with van der Waals surface area (Å²) in [6.45, 7) is 0.503. The predicted molar refractivity (Wildman–Crippen MR) is 123 cm³/mol. The highest BCUT2D eigenvalue weighted by atomic mass is 16.4. The maximum absolute atomic E-state index is 12.4. The Bertz CT molecular complexity index is 1230. The second-order valence-electron chi connectivity index (χ2n) is 7.64. The zero-order valence-electron chi connectivity index (χ0n) is 17.4. The lowest BCUT2D eigenvalue weighted by atomic mass is 10.0. The van der Waals surface area contributed by atoms with Gasteiger partial charge in [0, 0.05) is 17.5 Å². The molecule has 0 fully saturated rings. The van der Waals surface area contributed by atoms with Crippen molar-refractivity contribution < 1.29 is 14.7 Å². The number of aromatic nitrogens is 2. The SMILES string of the molecule is NC(Cc1ccc(C(=O)NCCc2ccc3c(cnn3-c3ccccc3)c2)cc1)C(=O)O. The Hall–Kier alpha value is -3.97. The summed E-state index contributed by atoms with van der Waals surface area (Å²) in [6, 6.07) is 22.1. The molecular formula is C25H24N4O3. The fraction of sp³-hybridized carbons (Fsp3) is 0.160. The van der Waals surface area contributed by atoms with Gasteiger partial charge in [-0.2, -0.15) is 5.10 Å². The van der Waals surface area contributed by atoms with Gasteiger partial charge >= 0.3 is 5.97 Å². The lowest BCUT2D eigenvalue weighted by Crippen LogP contribution is -2.32. The average molecular weight is 428 g/mol. The molecule has 4 aromatic rings. The summed E-state index contributed by atoms with van der Waals surface area (Å²) < 4.78 is 1.91. The van der Waals surface area contributed by atoms with E-state index in [-0.39, 0.29) is 12.3 Å². The van der Waals surface area contributed by atoms with Crippen LogP contribution in [0.5, 0.6) is 0 Å². The topological polar surface area (TPSA) is 110 Å². The first-order chi connectivity index (χ1) is 15.5. The molecule has 0 saturated carbocycles. The van der Waals surface area contributed by atoms with Crippen molar-refractivity contribution in [2.45, 2.75) is 18.9 Å². The Labute approximate surface area is 185 Å². The number of rotatable bonds is 8. The summed E-state index contributed by atoms with van der Waals surface area (Å²) in [5.74, 6) is -1.21. The maximum Gasteiger partial charge on any atom is 0.320 e. The minimum atomic E-state index is -1.04. The number of carbonyl (C=O) groups excluding carboxylic acids is 1. The molecule has 32 heavy (non-hydrogen) atoms. The zero-order chi connectivity index (χ0) is 22.5. The normalized spacial score (nSPS) is 11.9. The van der Waals surface area contributed by atoms with Crippen LogP contribution in [0.4, 0.5) is 0 Å². The van der Waals surface area contributed by atoms with E-state index in [2.05, 4.69) is 22.5 Å². The van der Waals surface area contributed by atoms with Crippen LogP contribution in [-0.2, 0) is 17.6 Å². The molecule has 0 aliphatic rings. The Kier molecular flexibility index (Phi) is 6.28. The van der Waals surface area contributed by atoms with Crippen LogP contribution in [0.15, 0.2) is 79.0 Å². The summed E-state index contributed by atoms with van der Waals surface area (Å²) in [7, 11) is 0. The molecule has 0 spiro atoms. The molecule has 0 saturated heterocycles. The molecule has 1 aromatic heterocycles. The number of benzene rings is 3. The number of aliphatic carboxylic acids is 1. The van der Waals surface area contributed by atoms with E-state index < -0.39 is 12.0 Å². The first-order valence-corrected chi connectivity index (χ1v) is 10.4. The second kappa shape index (κ2) is 9.45. The summed E-state index contributed by atoms with van der Waals surface area (Å²) in [5.41, 5.74) is 10.0. The van der Waals surface area contributed by atoms with E-state index in [0.717, 1.165) is 27.7 Å². The standard InChI is InChI=1S/C25H24N4O3/c26-22(25(31)32)15-17-6-9-19(10-7-17)24(30)27-13-12-18-8-11-23-20(14-18)16-28-29(23)21-4-2-1-3-5-21/h1-11,14,16,22H,12-13,15,26H2,(H,27,30)(H,31,32). The van der Waals surface area contributed by atoms with E-state index >= 15 is 0 Å². The van der Waals surface area contributed by atoms with Crippen LogP contribution < -0.4 is 11.1 Å². The van der Waals surface area contributed by atoms with Crippen LogP contribution in [-0.4, -0.2) is 39.4 Å². The third-order valence-corrected chi connectivity index (χ3v) is 5.32. The Morgan fingerprint density at radius 1 is 1.00 bits per heavy atom. The third-order valence-electron chi connectivity index (χ3n) is 5.32. The molecular weight excluding hydrogens is 404 g/mol. The minimum Gasteiger partial charge on any atom is -0.480 e. The number of nitrogens with two attached hydrogens (primary N) is 1. The second-order valence-corrected chi connectivity index (χ2v) is 7.64. The highest BCUT2D eigenvalue weighted by Crippen LogP contribution is 2.20. The molecule has 7 heteroatoms. The molecule has 4 rings (SSSR count). The van der Waals surface area contributed by atoms with Gasteiger partial charge in [-0.05, 0) is 60.4 Å². The summed E-state index contributed by atoms with van der Waals surface area (Å²) in [5, 5.41) is 17.4. The summed E-state index contributed by atoms with van der Waals surface area (Å²) in [6.07, 6.45) is 2.77. The number of amides is 1. The molecule has 7 nitrogen and oxygen atoms in total. The molecule has 1 amide bonds. The van der Waals surface area contributed by atoms with Crippen LogP contribution in [0.25, 0.3) is 16.6 Å². The number of hydrogen-bond donors (Lipinski definition) is 3. The van der Waals surface area contributed by atoms with Crippen molar-refractivity contribution in [1.29, 1.82) is 0 Å². The fourth-order valence-electron chi connectivity index (χ4n) is 3.57. The first kappa shape index (κ1) is 21.3. The van der Waals surface area contributed by atoms with Gasteiger partial charge in [0.15, 0.2) is 0 Å². The summed E-state index contributed by atoms with van der Waals surface area (Å²) >= 11 is 0. The number of fused-ring (bicyclic) bond motifs is 1. The third kappa shape index (κ3) is 4.84. The van der Waals surface area contributed by atoms with Gasteiger partial charge in [-0.15, -0.1) is 0 Å². The van der Waals surface area contributed by atoms with Crippen LogP contribution in [0.1, 0.15) is 21.5 Å². The number of carbonyl (C=O) groups is 2. The summed E-state index contributed by atoms with van der Waals surface area (Å²) in [4.78, 5) is 23.3. The van der Waals surface area contributed by atoms with E-state index in [1.165, 1.54) is 0 Å². The Morgan fingerprint density at radius 2 is 1.72 bits per heavy atom. The number of hydrogen-bond acceptors (Lipinski definition) is 4. The van der Waals surface area contributed by atoms with E-state index in [4.69, 9.17) is 10.8 Å². The van der Waals surface area contributed by atoms with Gasteiger partial charge in [0.05, 0.1) is 17.4 Å². The minimum absolute atomic E-state index is 0.169. The number of nitrogens with one attached hydrogen (secondary N) is 1. The Balaban J connectivity index is 1.34. The van der Waals surface area contributed by atoms with Crippen LogP contribution in [0, 0.1) is 0 Å². The van der Waals surface area contributed by atoms with Gasteiger partial charge in [0.1, 0.15) is 6.04 Å². The van der Waals surface area contributed by atoms with Gasteiger partial charge in [0.25, 0.3) is 5.91 Å². The van der Waals surface area contributed by atoms with Gasteiger partial charge in [0.2, 0.25) is 0 Å². The predicted octanol–water partition coefficient (Wildman–Crippen LogP) is 2.95. The van der Waals surface area contributed by atoms with Gasteiger partial charge in [-0.1, -0.05) is 36.4 Å². The molecule has 0 bridgehead atoms. The van der Waals surface area contributed by atoms with E-state index in [1.54, 1.807) is 24.3 Å². The zero-order valence-corrected chi connectivity index (χ0v) is 17.4. The Morgan fingerprint density at radius 3 is 2.44 bits per heavy atom. The molecule has 1 heterocycles. The molecule has 3 aromatic carbocycles. The molecule has 1 atom stereocenters. The van der Waals surface area contributed by atoms with E-state index in [0.29, 0.717) is 18.5 Å². The van der Waals surface area contributed by atoms with Crippen molar-refractivity contribution in [2.75, 3.05) is 6.54 Å². The molecule has 0 aliphatic heterocycles. The monoisotopic (exact) mass is 428 g/mol. The fourth-order valence-corrected chi connectivity index (χ4v) is 3.57. The molecule has 1 unspecified atom stereocenters. The highest BCUT2D eigenvalue weighted by molar-refractivity contribution is 5.94. The van der Waals surface area contributed by atoms with E-state index in [9.17, 15) is 9.59 Å². The van der Waals surface area contributed by atoms with Crippen molar-refractivity contribution in [3.8, 4) is 5.69 Å². The van der Waals surface area contributed by atoms with Crippen LogP contribution in [0.3, 0.4) is 0 Å². The number of carboxylic acids is 1. The largest absolute Gasteiger partial charge is 0.480 e. The lowest BCUT2D eigenvalue weighted by molar-refractivity contribution is -0.138. The van der Waals surface area contributed by atoms with E-state index in [1.807, 2.05) is 47.3 Å². The first-order valence-electron chi connectivity index (χ1n) is 10.4. The molecule has 0 radical (unpaired) electrons. The maximum atomic E-state index is 12.4. The molecule has 4 N–H and O–H groups in total.